The quantitative estimate of drug-likeness (QED) is 0.532. The summed E-state index contributed by atoms with van der Waals surface area (Å²) in [5.41, 5.74) is 5.89. The van der Waals surface area contributed by atoms with E-state index in [1.165, 1.54) is 43.3 Å². The minimum Gasteiger partial charge on any atom is -0.481 e. The highest BCUT2D eigenvalue weighted by atomic mass is 19.1. The lowest BCUT2D eigenvalue weighted by Crippen LogP contribution is -2.47. The molecule has 3 amide bonds. The van der Waals surface area contributed by atoms with Crippen LogP contribution < -0.4 is 20.9 Å². The second kappa shape index (κ2) is 10.0. The van der Waals surface area contributed by atoms with E-state index in [0.29, 0.717) is 17.0 Å². The highest BCUT2D eigenvalue weighted by molar-refractivity contribution is 6.04. The fourth-order valence-electron chi connectivity index (χ4n) is 2.56. The van der Waals surface area contributed by atoms with Gasteiger partial charge in [-0.25, -0.2) is 4.39 Å². The number of carbonyl (C=O) groups excluding carboxylic acids is 3. The first-order valence-corrected chi connectivity index (χ1v) is 9.41. The molecular formula is C23H20FN3O4. The summed E-state index contributed by atoms with van der Waals surface area (Å²) in [6, 6.07) is 20.2. The third-order valence-electron chi connectivity index (χ3n) is 4.24. The highest BCUT2D eigenvalue weighted by Gasteiger charge is 2.16. The van der Waals surface area contributed by atoms with Crippen molar-refractivity contribution in [3.8, 4) is 5.75 Å². The Kier molecular flexibility index (Phi) is 6.95. The van der Waals surface area contributed by atoms with Crippen LogP contribution >= 0.6 is 0 Å². The number of hydrazine groups is 1. The van der Waals surface area contributed by atoms with Crippen LogP contribution in [-0.4, -0.2) is 23.8 Å². The molecule has 0 saturated heterocycles. The molecule has 0 aliphatic heterocycles. The van der Waals surface area contributed by atoms with Gasteiger partial charge in [0, 0.05) is 16.8 Å². The van der Waals surface area contributed by atoms with Crippen molar-refractivity contribution in [3.63, 3.8) is 0 Å². The van der Waals surface area contributed by atoms with Gasteiger partial charge in [0.15, 0.2) is 6.10 Å². The summed E-state index contributed by atoms with van der Waals surface area (Å²) < 4.78 is 18.3. The minimum atomic E-state index is -0.915. The summed E-state index contributed by atoms with van der Waals surface area (Å²) in [4.78, 5) is 36.5. The second-order valence-electron chi connectivity index (χ2n) is 6.55. The Bertz CT molecular complexity index is 1050. The van der Waals surface area contributed by atoms with E-state index >= 15 is 0 Å². The van der Waals surface area contributed by atoms with Crippen LogP contribution in [0.15, 0.2) is 78.9 Å². The summed E-state index contributed by atoms with van der Waals surface area (Å²) >= 11 is 0. The molecule has 0 aliphatic rings. The zero-order valence-electron chi connectivity index (χ0n) is 16.6. The van der Waals surface area contributed by atoms with Gasteiger partial charge < -0.3 is 10.1 Å². The Morgan fingerprint density at radius 3 is 2.03 bits per heavy atom. The molecule has 3 aromatic rings. The maximum Gasteiger partial charge on any atom is 0.279 e. The van der Waals surface area contributed by atoms with Gasteiger partial charge >= 0.3 is 0 Å². The van der Waals surface area contributed by atoms with Crippen molar-refractivity contribution in [3.05, 3.63) is 95.8 Å². The van der Waals surface area contributed by atoms with E-state index in [4.69, 9.17) is 4.74 Å². The van der Waals surface area contributed by atoms with Crippen LogP contribution in [0.1, 0.15) is 27.6 Å². The van der Waals surface area contributed by atoms with E-state index < -0.39 is 23.7 Å². The minimum absolute atomic E-state index is 0.264. The maximum absolute atomic E-state index is 12.9. The molecule has 0 fully saturated rings. The molecule has 158 valence electrons. The van der Waals surface area contributed by atoms with Crippen molar-refractivity contribution < 1.29 is 23.5 Å². The molecule has 31 heavy (non-hydrogen) atoms. The van der Waals surface area contributed by atoms with Crippen molar-refractivity contribution in [1.82, 2.24) is 10.9 Å². The second-order valence-corrected chi connectivity index (χ2v) is 6.55. The largest absolute Gasteiger partial charge is 0.481 e. The van der Waals surface area contributed by atoms with Gasteiger partial charge in [0.05, 0.1) is 0 Å². The summed E-state index contributed by atoms with van der Waals surface area (Å²) in [6.07, 6.45) is -0.915. The molecule has 0 saturated carbocycles. The Hall–Kier alpha value is -4.20. The molecule has 0 heterocycles. The SMILES string of the molecule is CC(Oc1ccc(F)cc1)C(=O)NNC(=O)c1ccc(NC(=O)c2ccccc2)cc1. The van der Waals surface area contributed by atoms with Crippen LogP contribution in [-0.2, 0) is 4.79 Å². The molecule has 0 bridgehead atoms. The van der Waals surface area contributed by atoms with Crippen molar-refractivity contribution in [2.45, 2.75) is 13.0 Å². The molecular weight excluding hydrogens is 401 g/mol. The number of hydrogen-bond donors (Lipinski definition) is 3. The number of rotatable bonds is 6. The van der Waals surface area contributed by atoms with E-state index in [2.05, 4.69) is 16.2 Å². The van der Waals surface area contributed by atoms with Crippen LogP contribution in [0, 0.1) is 5.82 Å². The topological polar surface area (TPSA) is 96.5 Å². The molecule has 3 N–H and O–H groups in total. The lowest BCUT2D eigenvalue weighted by Gasteiger charge is -2.15. The van der Waals surface area contributed by atoms with E-state index in [0.717, 1.165) is 0 Å². The summed E-state index contributed by atoms with van der Waals surface area (Å²) in [5, 5.41) is 2.74. The first kappa shape index (κ1) is 21.5. The molecule has 3 rings (SSSR count). The lowest BCUT2D eigenvalue weighted by molar-refractivity contribution is -0.128. The first-order chi connectivity index (χ1) is 14.9. The Balaban J connectivity index is 1.49. The van der Waals surface area contributed by atoms with Crippen LogP contribution in [0.5, 0.6) is 5.75 Å². The van der Waals surface area contributed by atoms with Gasteiger partial charge in [-0.15, -0.1) is 0 Å². The zero-order valence-corrected chi connectivity index (χ0v) is 16.6. The number of anilines is 1. The van der Waals surface area contributed by atoms with E-state index in [-0.39, 0.29) is 11.5 Å². The molecule has 8 heteroatoms. The number of nitrogens with one attached hydrogen (secondary N) is 3. The van der Waals surface area contributed by atoms with Crippen molar-refractivity contribution >= 4 is 23.4 Å². The number of carbonyl (C=O) groups is 3. The third-order valence-corrected chi connectivity index (χ3v) is 4.24. The Morgan fingerprint density at radius 2 is 1.39 bits per heavy atom. The van der Waals surface area contributed by atoms with Gasteiger partial charge in [0.2, 0.25) is 0 Å². The standard InChI is InChI=1S/C23H20FN3O4/c1-15(31-20-13-9-18(24)10-14-20)21(28)26-27-23(30)17-7-11-19(12-8-17)25-22(29)16-5-3-2-4-6-16/h2-15H,1H3,(H,25,29)(H,26,28)(H,27,30). The van der Waals surface area contributed by atoms with Gasteiger partial charge in [0.25, 0.3) is 17.7 Å². The number of hydrogen-bond acceptors (Lipinski definition) is 4. The maximum atomic E-state index is 12.9. The summed E-state index contributed by atoms with van der Waals surface area (Å²) in [7, 11) is 0. The molecule has 7 nitrogen and oxygen atoms in total. The molecule has 1 unspecified atom stereocenters. The normalized spacial score (nSPS) is 11.2. The van der Waals surface area contributed by atoms with Gasteiger partial charge in [-0.2, -0.15) is 0 Å². The number of halogens is 1. The van der Waals surface area contributed by atoms with Gasteiger partial charge in [0.1, 0.15) is 11.6 Å². The predicted octanol–water partition coefficient (Wildman–Crippen LogP) is 3.31. The van der Waals surface area contributed by atoms with E-state index in [1.807, 2.05) is 6.07 Å². The zero-order chi connectivity index (χ0) is 22.2. The van der Waals surface area contributed by atoms with E-state index in [1.54, 1.807) is 36.4 Å². The van der Waals surface area contributed by atoms with Crippen molar-refractivity contribution in [2.75, 3.05) is 5.32 Å². The average molecular weight is 421 g/mol. The van der Waals surface area contributed by atoms with Crippen LogP contribution in [0.3, 0.4) is 0 Å². The molecule has 1 atom stereocenters. The summed E-state index contributed by atoms with van der Waals surface area (Å²) in [6.45, 7) is 1.50. The molecule has 3 aromatic carbocycles. The molecule has 0 aromatic heterocycles. The fourth-order valence-corrected chi connectivity index (χ4v) is 2.56. The van der Waals surface area contributed by atoms with Gasteiger partial charge in [-0.05, 0) is 67.6 Å². The van der Waals surface area contributed by atoms with Crippen LogP contribution in [0.25, 0.3) is 0 Å². The summed E-state index contributed by atoms with van der Waals surface area (Å²) in [5.74, 6) is -1.47. The highest BCUT2D eigenvalue weighted by Crippen LogP contribution is 2.13. The molecule has 0 spiro atoms. The van der Waals surface area contributed by atoms with Gasteiger partial charge in [-0.1, -0.05) is 18.2 Å². The number of benzene rings is 3. The van der Waals surface area contributed by atoms with E-state index in [9.17, 15) is 18.8 Å². The van der Waals surface area contributed by atoms with Crippen LogP contribution in [0.4, 0.5) is 10.1 Å². The van der Waals surface area contributed by atoms with Crippen LogP contribution in [0.2, 0.25) is 0 Å². The van der Waals surface area contributed by atoms with Crippen molar-refractivity contribution in [1.29, 1.82) is 0 Å². The lowest BCUT2D eigenvalue weighted by atomic mass is 10.1. The molecule has 0 aliphatic carbocycles. The van der Waals surface area contributed by atoms with Crippen molar-refractivity contribution in [2.24, 2.45) is 0 Å². The number of ether oxygens (including phenoxy) is 1. The fraction of sp³-hybridized carbons (Fsp3) is 0.0870. The first-order valence-electron chi connectivity index (χ1n) is 9.41. The number of amides is 3. The monoisotopic (exact) mass is 421 g/mol. The third kappa shape index (κ3) is 6.14. The Labute approximate surface area is 178 Å². The average Bonchev–Trinajstić information content (AvgIpc) is 2.79. The predicted molar refractivity (Wildman–Crippen MR) is 113 cm³/mol. The van der Waals surface area contributed by atoms with Gasteiger partial charge in [-0.3, -0.25) is 25.2 Å². The Morgan fingerprint density at radius 1 is 0.774 bits per heavy atom. The smallest absolute Gasteiger partial charge is 0.279 e. The molecule has 0 radical (unpaired) electrons.